The largest absolute Gasteiger partial charge is 0.341 e. The molecule has 0 spiro atoms. The van der Waals surface area contributed by atoms with E-state index in [1.165, 1.54) is 18.9 Å². The summed E-state index contributed by atoms with van der Waals surface area (Å²) in [7, 11) is 0. The Kier molecular flexibility index (Phi) is 6.65. The van der Waals surface area contributed by atoms with Crippen LogP contribution in [-0.4, -0.2) is 48.4 Å². The minimum absolute atomic E-state index is 0.194. The lowest BCUT2D eigenvalue weighted by Crippen LogP contribution is -2.54. The molecule has 1 aliphatic carbocycles. The van der Waals surface area contributed by atoms with E-state index in [0.717, 1.165) is 37.4 Å². The molecule has 0 aromatic heterocycles. The summed E-state index contributed by atoms with van der Waals surface area (Å²) >= 11 is 0. The topological polar surface area (TPSA) is 61.4 Å². The van der Waals surface area contributed by atoms with Gasteiger partial charge in [0.05, 0.1) is 0 Å². The summed E-state index contributed by atoms with van der Waals surface area (Å²) in [6.07, 6.45) is 4.36. The van der Waals surface area contributed by atoms with E-state index in [4.69, 9.17) is 0 Å². The van der Waals surface area contributed by atoms with Crippen molar-refractivity contribution in [1.82, 2.24) is 15.5 Å². The van der Waals surface area contributed by atoms with Crippen LogP contribution in [0.1, 0.15) is 49.9 Å². The Morgan fingerprint density at radius 1 is 1.11 bits per heavy atom. The molecule has 7 heteroatoms. The summed E-state index contributed by atoms with van der Waals surface area (Å²) in [5, 5.41) is 6.12. The second kappa shape index (κ2) is 8.99. The Bertz CT molecular complexity index is 693. The number of benzene rings is 1. The molecule has 1 unspecified atom stereocenters. The van der Waals surface area contributed by atoms with Gasteiger partial charge in [0.2, 0.25) is 5.91 Å². The summed E-state index contributed by atoms with van der Waals surface area (Å²) in [6, 6.07) is 2.87. The zero-order valence-corrected chi connectivity index (χ0v) is 16.5. The van der Waals surface area contributed by atoms with E-state index in [1.807, 2.05) is 13.8 Å². The first kappa shape index (κ1) is 20.7. The van der Waals surface area contributed by atoms with Gasteiger partial charge in [-0.1, -0.05) is 19.9 Å². The molecule has 0 bridgehead atoms. The lowest BCUT2D eigenvalue weighted by atomic mass is 9.99. The van der Waals surface area contributed by atoms with Gasteiger partial charge < -0.3 is 15.5 Å². The van der Waals surface area contributed by atoms with Crippen LogP contribution in [0.2, 0.25) is 0 Å². The van der Waals surface area contributed by atoms with Crippen LogP contribution in [0.15, 0.2) is 18.2 Å². The SMILES string of the molecule is CC(C)C(NC(=O)c1c(F)cccc1F)C(=O)N1CCC(NCC2CC2)CC1. The second-order valence-corrected chi connectivity index (χ2v) is 8.24. The lowest BCUT2D eigenvalue weighted by Gasteiger charge is -2.35. The Morgan fingerprint density at radius 2 is 1.71 bits per heavy atom. The van der Waals surface area contributed by atoms with Gasteiger partial charge in [-0.05, 0) is 56.2 Å². The van der Waals surface area contributed by atoms with Crippen molar-refractivity contribution in [2.75, 3.05) is 19.6 Å². The van der Waals surface area contributed by atoms with Crippen molar-refractivity contribution in [2.24, 2.45) is 11.8 Å². The van der Waals surface area contributed by atoms with Gasteiger partial charge in [0.1, 0.15) is 23.2 Å². The number of amides is 2. The number of hydrogen-bond donors (Lipinski definition) is 2. The maximum Gasteiger partial charge on any atom is 0.257 e. The normalized spacial score (nSPS) is 19.0. The Hall–Kier alpha value is -2.02. The summed E-state index contributed by atoms with van der Waals surface area (Å²) in [5.74, 6) is -2.34. The van der Waals surface area contributed by atoms with Crippen LogP contribution < -0.4 is 10.6 Å². The third-order valence-electron chi connectivity index (χ3n) is 5.61. The zero-order valence-electron chi connectivity index (χ0n) is 16.5. The molecule has 1 aromatic carbocycles. The standard InChI is InChI=1S/C21H29F2N3O2/c1-13(2)19(25-20(27)18-16(22)4-3-5-17(18)23)21(28)26-10-8-15(9-11-26)24-12-14-6-7-14/h3-5,13-15,19,24H,6-12H2,1-2H3,(H,25,27). The van der Waals surface area contributed by atoms with Crippen molar-refractivity contribution >= 4 is 11.8 Å². The summed E-state index contributed by atoms with van der Waals surface area (Å²) in [4.78, 5) is 27.1. The van der Waals surface area contributed by atoms with Crippen LogP contribution in [0.25, 0.3) is 0 Å². The van der Waals surface area contributed by atoms with Crippen LogP contribution in [-0.2, 0) is 4.79 Å². The number of carbonyl (C=O) groups is 2. The molecule has 1 aromatic rings. The molecule has 2 amide bonds. The average Bonchev–Trinajstić information content (AvgIpc) is 3.48. The fourth-order valence-electron chi connectivity index (χ4n) is 3.60. The Morgan fingerprint density at radius 3 is 2.25 bits per heavy atom. The monoisotopic (exact) mass is 393 g/mol. The van der Waals surface area contributed by atoms with Crippen LogP contribution >= 0.6 is 0 Å². The molecule has 28 heavy (non-hydrogen) atoms. The molecule has 5 nitrogen and oxygen atoms in total. The van der Waals surface area contributed by atoms with Gasteiger partial charge in [0.15, 0.2) is 0 Å². The van der Waals surface area contributed by atoms with E-state index in [1.54, 1.807) is 4.90 Å². The van der Waals surface area contributed by atoms with Crippen LogP contribution in [0.5, 0.6) is 0 Å². The molecular weight excluding hydrogens is 364 g/mol. The van der Waals surface area contributed by atoms with Gasteiger partial charge in [-0.25, -0.2) is 8.78 Å². The van der Waals surface area contributed by atoms with E-state index in [9.17, 15) is 18.4 Å². The maximum atomic E-state index is 13.9. The van der Waals surface area contributed by atoms with Crippen LogP contribution in [0.3, 0.4) is 0 Å². The van der Waals surface area contributed by atoms with Gasteiger partial charge in [-0.3, -0.25) is 9.59 Å². The molecule has 2 fully saturated rings. The van der Waals surface area contributed by atoms with Gasteiger partial charge in [0, 0.05) is 19.1 Å². The van der Waals surface area contributed by atoms with Crippen LogP contribution in [0, 0.1) is 23.5 Å². The number of hydrogen-bond acceptors (Lipinski definition) is 3. The van der Waals surface area contributed by atoms with Gasteiger partial charge in [-0.15, -0.1) is 0 Å². The number of nitrogens with one attached hydrogen (secondary N) is 2. The molecular formula is C21H29F2N3O2. The van der Waals surface area contributed by atoms with Crippen molar-refractivity contribution in [3.8, 4) is 0 Å². The molecule has 1 atom stereocenters. The predicted molar refractivity (Wildman–Crippen MR) is 103 cm³/mol. The molecule has 2 aliphatic rings. The number of nitrogens with zero attached hydrogens (tertiary/aromatic N) is 1. The maximum absolute atomic E-state index is 13.9. The summed E-state index contributed by atoms with van der Waals surface area (Å²) in [6.45, 7) is 5.91. The minimum Gasteiger partial charge on any atom is -0.341 e. The first-order chi connectivity index (χ1) is 13.4. The van der Waals surface area contributed by atoms with Crippen molar-refractivity contribution in [1.29, 1.82) is 0 Å². The van der Waals surface area contributed by atoms with Crippen molar-refractivity contribution in [2.45, 2.75) is 51.6 Å². The summed E-state index contributed by atoms with van der Waals surface area (Å²) < 4.78 is 27.8. The molecule has 154 valence electrons. The minimum atomic E-state index is -0.935. The van der Waals surface area contributed by atoms with Crippen molar-refractivity contribution < 1.29 is 18.4 Å². The fraction of sp³-hybridized carbons (Fsp3) is 0.619. The molecule has 1 saturated carbocycles. The number of piperidine rings is 1. The quantitative estimate of drug-likeness (QED) is 0.749. The van der Waals surface area contributed by atoms with Gasteiger partial charge in [0.25, 0.3) is 5.91 Å². The van der Waals surface area contributed by atoms with Crippen LogP contribution in [0.4, 0.5) is 8.78 Å². The highest BCUT2D eigenvalue weighted by atomic mass is 19.1. The summed E-state index contributed by atoms with van der Waals surface area (Å²) in [5.41, 5.74) is -0.649. The molecule has 3 rings (SSSR count). The molecule has 0 radical (unpaired) electrons. The van der Waals surface area contributed by atoms with Crippen molar-refractivity contribution in [3.05, 3.63) is 35.4 Å². The number of likely N-dealkylation sites (tertiary alicyclic amines) is 1. The molecule has 2 N–H and O–H groups in total. The van der Waals surface area contributed by atoms with Crippen molar-refractivity contribution in [3.63, 3.8) is 0 Å². The van der Waals surface area contributed by atoms with E-state index in [2.05, 4.69) is 10.6 Å². The van der Waals surface area contributed by atoms with E-state index < -0.39 is 29.1 Å². The number of rotatable bonds is 7. The Balaban J connectivity index is 1.58. The average molecular weight is 393 g/mol. The first-order valence-electron chi connectivity index (χ1n) is 10.1. The highest BCUT2D eigenvalue weighted by Crippen LogP contribution is 2.28. The lowest BCUT2D eigenvalue weighted by molar-refractivity contribution is -0.135. The van der Waals surface area contributed by atoms with E-state index in [0.29, 0.717) is 19.1 Å². The van der Waals surface area contributed by atoms with E-state index >= 15 is 0 Å². The molecule has 1 aliphatic heterocycles. The number of carbonyl (C=O) groups excluding carboxylic acids is 2. The van der Waals surface area contributed by atoms with E-state index in [-0.39, 0.29) is 11.8 Å². The number of halogens is 2. The predicted octanol–water partition coefficient (Wildman–Crippen LogP) is 2.71. The zero-order chi connectivity index (χ0) is 20.3. The molecule has 1 heterocycles. The smallest absolute Gasteiger partial charge is 0.257 e. The molecule has 1 saturated heterocycles. The third kappa shape index (κ3) is 5.07. The highest BCUT2D eigenvalue weighted by molar-refractivity contribution is 5.98. The Labute approximate surface area is 164 Å². The fourth-order valence-corrected chi connectivity index (χ4v) is 3.60. The van der Waals surface area contributed by atoms with Gasteiger partial charge >= 0.3 is 0 Å². The first-order valence-corrected chi connectivity index (χ1v) is 10.1. The second-order valence-electron chi connectivity index (χ2n) is 8.24. The van der Waals surface area contributed by atoms with Gasteiger partial charge in [-0.2, -0.15) is 0 Å². The third-order valence-corrected chi connectivity index (χ3v) is 5.61. The highest BCUT2D eigenvalue weighted by Gasteiger charge is 2.33.